The number of aromatic nitrogens is 1. The lowest BCUT2D eigenvalue weighted by molar-refractivity contribution is 0.592. The summed E-state index contributed by atoms with van der Waals surface area (Å²) in [6, 6.07) is 5.24. The second-order valence-electron chi connectivity index (χ2n) is 3.69. The van der Waals surface area contributed by atoms with Crippen LogP contribution < -0.4 is 11.3 Å². The summed E-state index contributed by atoms with van der Waals surface area (Å²) < 4.78 is 27.9. The number of nitrogen functional groups attached to an aromatic ring is 1. The standard InChI is InChI=1S/C12H10F2N2O/c1-16-4-2-3-8(12(16)17)7-5-9(13)11(15)10(14)6-7/h2-6H,15H2,1H3. The van der Waals surface area contributed by atoms with E-state index in [-0.39, 0.29) is 16.7 Å². The lowest BCUT2D eigenvalue weighted by atomic mass is 10.1. The fraction of sp³-hybridized carbons (Fsp3) is 0.0833. The van der Waals surface area contributed by atoms with Crippen molar-refractivity contribution < 1.29 is 8.78 Å². The van der Waals surface area contributed by atoms with Gasteiger partial charge < -0.3 is 10.3 Å². The van der Waals surface area contributed by atoms with Gasteiger partial charge in [-0.3, -0.25) is 4.79 Å². The lowest BCUT2D eigenvalue weighted by Gasteiger charge is -2.05. The minimum absolute atomic E-state index is 0.176. The van der Waals surface area contributed by atoms with Crippen molar-refractivity contribution in [3.63, 3.8) is 0 Å². The molecule has 1 aromatic carbocycles. The van der Waals surface area contributed by atoms with E-state index in [0.717, 1.165) is 12.1 Å². The molecule has 0 aliphatic carbocycles. The van der Waals surface area contributed by atoms with Gasteiger partial charge in [0, 0.05) is 18.8 Å². The van der Waals surface area contributed by atoms with Crippen LogP contribution in [-0.4, -0.2) is 4.57 Å². The van der Waals surface area contributed by atoms with Gasteiger partial charge in [0.25, 0.3) is 5.56 Å². The Morgan fingerprint density at radius 3 is 2.41 bits per heavy atom. The fourth-order valence-electron chi connectivity index (χ4n) is 1.56. The minimum Gasteiger partial charge on any atom is -0.394 e. The molecule has 5 heteroatoms. The van der Waals surface area contributed by atoms with Crippen molar-refractivity contribution in [2.45, 2.75) is 0 Å². The molecule has 0 bridgehead atoms. The first-order valence-corrected chi connectivity index (χ1v) is 4.91. The van der Waals surface area contributed by atoms with Crippen LogP contribution in [0.3, 0.4) is 0 Å². The molecule has 0 radical (unpaired) electrons. The van der Waals surface area contributed by atoms with E-state index < -0.39 is 17.3 Å². The van der Waals surface area contributed by atoms with Crippen molar-refractivity contribution in [1.82, 2.24) is 4.57 Å². The number of benzene rings is 1. The monoisotopic (exact) mass is 236 g/mol. The molecule has 2 rings (SSSR count). The Balaban J connectivity index is 2.70. The van der Waals surface area contributed by atoms with E-state index >= 15 is 0 Å². The smallest absolute Gasteiger partial charge is 0.258 e. The second-order valence-corrected chi connectivity index (χ2v) is 3.69. The van der Waals surface area contributed by atoms with E-state index in [4.69, 9.17) is 5.73 Å². The maximum absolute atomic E-state index is 13.3. The van der Waals surface area contributed by atoms with Gasteiger partial charge in [0.05, 0.1) is 0 Å². The highest BCUT2D eigenvalue weighted by atomic mass is 19.1. The fourth-order valence-corrected chi connectivity index (χ4v) is 1.56. The molecule has 0 unspecified atom stereocenters. The Morgan fingerprint density at radius 1 is 1.24 bits per heavy atom. The molecule has 0 atom stereocenters. The number of nitrogens with zero attached hydrogens (tertiary/aromatic N) is 1. The molecule has 0 spiro atoms. The number of halogens is 2. The van der Waals surface area contributed by atoms with Crippen LogP contribution in [0.25, 0.3) is 11.1 Å². The van der Waals surface area contributed by atoms with E-state index in [1.807, 2.05) is 0 Å². The highest BCUT2D eigenvalue weighted by Gasteiger charge is 2.11. The lowest BCUT2D eigenvalue weighted by Crippen LogP contribution is -2.17. The van der Waals surface area contributed by atoms with Crippen LogP contribution in [0.4, 0.5) is 14.5 Å². The SMILES string of the molecule is Cn1cccc(-c2cc(F)c(N)c(F)c2)c1=O. The second kappa shape index (κ2) is 4.01. The highest BCUT2D eigenvalue weighted by molar-refractivity contribution is 5.65. The Bertz CT molecular complexity index is 612. The van der Waals surface area contributed by atoms with Crippen LogP contribution >= 0.6 is 0 Å². The van der Waals surface area contributed by atoms with E-state index in [9.17, 15) is 13.6 Å². The van der Waals surface area contributed by atoms with E-state index in [0.29, 0.717) is 0 Å². The minimum atomic E-state index is -0.870. The zero-order valence-electron chi connectivity index (χ0n) is 9.08. The van der Waals surface area contributed by atoms with Crippen molar-refractivity contribution in [2.75, 3.05) is 5.73 Å². The molecule has 0 saturated carbocycles. The van der Waals surface area contributed by atoms with Crippen LogP contribution in [0.1, 0.15) is 0 Å². The van der Waals surface area contributed by atoms with Gasteiger partial charge in [-0.25, -0.2) is 8.78 Å². The topological polar surface area (TPSA) is 48.0 Å². The number of aryl methyl sites for hydroxylation is 1. The van der Waals surface area contributed by atoms with Crippen LogP contribution in [0.5, 0.6) is 0 Å². The molecule has 0 amide bonds. The molecular formula is C12H10F2N2O. The summed E-state index contributed by atoms with van der Waals surface area (Å²) in [5.74, 6) is -1.74. The molecule has 1 aromatic heterocycles. The van der Waals surface area contributed by atoms with E-state index in [2.05, 4.69) is 0 Å². The molecular weight excluding hydrogens is 226 g/mol. The van der Waals surface area contributed by atoms with Gasteiger partial charge in [-0.05, 0) is 29.8 Å². The van der Waals surface area contributed by atoms with Crippen molar-refractivity contribution in [1.29, 1.82) is 0 Å². The molecule has 17 heavy (non-hydrogen) atoms. The third kappa shape index (κ3) is 1.91. The predicted molar refractivity (Wildman–Crippen MR) is 61.4 cm³/mol. The first-order chi connectivity index (χ1) is 8.00. The van der Waals surface area contributed by atoms with E-state index in [1.165, 1.54) is 10.6 Å². The van der Waals surface area contributed by atoms with Crippen molar-refractivity contribution >= 4 is 5.69 Å². The number of pyridine rings is 1. The van der Waals surface area contributed by atoms with Gasteiger partial charge in [-0.2, -0.15) is 0 Å². The zero-order valence-corrected chi connectivity index (χ0v) is 9.08. The summed E-state index contributed by atoms with van der Waals surface area (Å²) in [5, 5.41) is 0. The van der Waals surface area contributed by atoms with Gasteiger partial charge in [-0.1, -0.05) is 0 Å². The molecule has 3 nitrogen and oxygen atoms in total. The summed E-state index contributed by atoms with van der Waals surface area (Å²) in [7, 11) is 1.57. The summed E-state index contributed by atoms with van der Waals surface area (Å²) >= 11 is 0. The maximum Gasteiger partial charge on any atom is 0.258 e. The normalized spacial score (nSPS) is 10.5. The van der Waals surface area contributed by atoms with Gasteiger partial charge in [0.1, 0.15) is 17.3 Å². The number of hydrogen-bond donors (Lipinski definition) is 1. The number of nitrogens with two attached hydrogens (primary N) is 1. The van der Waals surface area contributed by atoms with Gasteiger partial charge in [0.15, 0.2) is 0 Å². The molecule has 1 heterocycles. The van der Waals surface area contributed by atoms with Gasteiger partial charge in [-0.15, -0.1) is 0 Å². The average molecular weight is 236 g/mol. The van der Waals surface area contributed by atoms with Crippen LogP contribution in [-0.2, 0) is 7.05 Å². The molecule has 0 fully saturated rings. The number of anilines is 1. The molecule has 2 N–H and O–H groups in total. The largest absolute Gasteiger partial charge is 0.394 e. The maximum atomic E-state index is 13.3. The predicted octanol–water partition coefficient (Wildman–Crippen LogP) is 1.91. The van der Waals surface area contributed by atoms with Crippen LogP contribution in [0, 0.1) is 11.6 Å². The summed E-state index contributed by atoms with van der Waals surface area (Å²) in [6.45, 7) is 0. The Kier molecular flexibility index (Phi) is 2.67. The first kappa shape index (κ1) is 11.3. The van der Waals surface area contributed by atoms with Crippen molar-refractivity contribution in [3.8, 4) is 11.1 Å². The highest BCUT2D eigenvalue weighted by Crippen LogP contribution is 2.23. The molecule has 0 saturated heterocycles. The quantitative estimate of drug-likeness (QED) is 0.769. The average Bonchev–Trinajstić information content (AvgIpc) is 2.29. The van der Waals surface area contributed by atoms with Crippen LogP contribution in [0.2, 0.25) is 0 Å². The first-order valence-electron chi connectivity index (χ1n) is 4.91. The molecule has 0 aliphatic rings. The van der Waals surface area contributed by atoms with Gasteiger partial charge in [0.2, 0.25) is 0 Å². The third-order valence-corrected chi connectivity index (χ3v) is 2.51. The summed E-state index contributed by atoms with van der Waals surface area (Å²) in [4.78, 5) is 11.8. The zero-order chi connectivity index (χ0) is 12.6. The molecule has 88 valence electrons. The molecule has 0 aliphatic heterocycles. The Labute approximate surface area is 96.1 Å². The Morgan fingerprint density at radius 2 is 1.82 bits per heavy atom. The third-order valence-electron chi connectivity index (χ3n) is 2.51. The summed E-state index contributed by atoms with van der Waals surface area (Å²) in [5.41, 5.74) is 4.71. The van der Waals surface area contributed by atoms with Crippen molar-refractivity contribution in [3.05, 3.63) is 52.5 Å². The summed E-state index contributed by atoms with van der Waals surface area (Å²) in [6.07, 6.45) is 1.57. The number of hydrogen-bond acceptors (Lipinski definition) is 2. The molecule has 2 aromatic rings. The van der Waals surface area contributed by atoms with Crippen molar-refractivity contribution in [2.24, 2.45) is 7.05 Å². The van der Waals surface area contributed by atoms with E-state index in [1.54, 1.807) is 19.3 Å². The van der Waals surface area contributed by atoms with Gasteiger partial charge >= 0.3 is 0 Å². The number of rotatable bonds is 1. The Hall–Kier alpha value is -2.17. The van der Waals surface area contributed by atoms with Crippen LogP contribution in [0.15, 0.2) is 35.3 Å².